The summed E-state index contributed by atoms with van der Waals surface area (Å²) in [6.45, 7) is 5.64. The lowest BCUT2D eigenvalue weighted by Gasteiger charge is -2.41. The van der Waals surface area contributed by atoms with Gasteiger partial charge < -0.3 is 15.0 Å². The monoisotopic (exact) mass is 212 g/mol. The van der Waals surface area contributed by atoms with E-state index in [9.17, 15) is 4.79 Å². The topological polar surface area (TPSA) is 41.6 Å². The summed E-state index contributed by atoms with van der Waals surface area (Å²) in [6.07, 6.45) is 3.54. The van der Waals surface area contributed by atoms with Crippen LogP contribution in [0.25, 0.3) is 0 Å². The van der Waals surface area contributed by atoms with E-state index in [1.165, 1.54) is 0 Å². The lowest BCUT2D eigenvalue weighted by Crippen LogP contribution is -2.56. The minimum absolute atomic E-state index is 0.250. The summed E-state index contributed by atoms with van der Waals surface area (Å²) < 4.78 is 5.92. The highest BCUT2D eigenvalue weighted by Gasteiger charge is 2.32. The Morgan fingerprint density at radius 3 is 2.60 bits per heavy atom. The Bertz CT molecular complexity index is 221. The SMILES string of the molecule is CCC(=O)N1CC(OC2CCNCC2)C1. The standard InChI is InChI=1S/C11H20N2O2/c1-2-11(14)13-7-10(8-13)15-9-3-5-12-6-4-9/h9-10,12H,2-8H2,1H3. The van der Waals surface area contributed by atoms with E-state index in [1.54, 1.807) is 0 Å². The second-order valence-electron chi connectivity index (χ2n) is 4.36. The van der Waals surface area contributed by atoms with E-state index >= 15 is 0 Å². The highest BCUT2D eigenvalue weighted by molar-refractivity contribution is 5.76. The quantitative estimate of drug-likeness (QED) is 0.735. The molecule has 2 fully saturated rings. The van der Waals surface area contributed by atoms with Gasteiger partial charge in [-0.1, -0.05) is 6.92 Å². The smallest absolute Gasteiger partial charge is 0.222 e. The highest BCUT2D eigenvalue weighted by atomic mass is 16.5. The number of nitrogens with one attached hydrogen (secondary N) is 1. The summed E-state index contributed by atoms with van der Waals surface area (Å²) in [5, 5.41) is 3.32. The normalized spacial score (nSPS) is 23.9. The van der Waals surface area contributed by atoms with Crippen molar-refractivity contribution in [3.63, 3.8) is 0 Å². The van der Waals surface area contributed by atoms with E-state index in [0.29, 0.717) is 18.6 Å². The fraction of sp³-hybridized carbons (Fsp3) is 0.909. The van der Waals surface area contributed by atoms with Crippen LogP contribution in [0.4, 0.5) is 0 Å². The van der Waals surface area contributed by atoms with Gasteiger partial charge in [-0.25, -0.2) is 0 Å². The number of piperidine rings is 1. The van der Waals surface area contributed by atoms with Gasteiger partial charge in [0.25, 0.3) is 0 Å². The van der Waals surface area contributed by atoms with Gasteiger partial charge in [0.2, 0.25) is 5.91 Å². The van der Waals surface area contributed by atoms with Crippen LogP contribution in [-0.4, -0.2) is 49.2 Å². The number of carbonyl (C=O) groups excluding carboxylic acids is 1. The van der Waals surface area contributed by atoms with Crippen LogP contribution in [0.1, 0.15) is 26.2 Å². The van der Waals surface area contributed by atoms with Crippen molar-refractivity contribution in [1.29, 1.82) is 0 Å². The molecule has 86 valence electrons. The number of hydrogen-bond donors (Lipinski definition) is 1. The van der Waals surface area contributed by atoms with Crippen molar-refractivity contribution in [3.8, 4) is 0 Å². The molecule has 0 radical (unpaired) electrons. The Morgan fingerprint density at radius 1 is 1.33 bits per heavy atom. The Labute approximate surface area is 91.0 Å². The third-order valence-corrected chi connectivity index (χ3v) is 3.17. The summed E-state index contributed by atoms with van der Waals surface area (Å²) >= 11 is 0. The first-order chi connectivity index (χ1) is 7.29. The lowest BCUT2D eigenvalue weighted by molar-refractivity contribution is -0.150. The Morgan fingerprint density at radius 2 is 2.00 bits per heavy atom. The summed E-state index contributed by atoms with van der Waals surface area (Å²) in [6, 6.07) is 0. The molecule has 4 nitrogen and oxygen atoms in total. The van der Waals surface area contributed by atoms with Crippen LogP contribution >= 0.6 is 0 Å². The maximum atomic E-state index is 11.3. The number of rotatable bonds is 3. The number of ether oxygens (including phenoxy) is 1. The molecule has 0 aliphatic carbocycles. The third kappa shape index (κ3) is 2.69. The van der Waals surface area contributed by atoms with E-state index in [2.05, 4.69) is 5.32 Å². The molecular formula is C11H20N2O2. The van der Waals surface area contributed by atoms with Crippen LogP contribution < -0.4 is 5.32 Å². The van der Waals surface area contributed by atoms with Gasteiger partial charge in [0, 0.05) is 19.5 Å². The maximum absolute atomic E-state index is 11.3. The van der Waals surface area contributed by atoms with Crippen LogP contribution in [-0.2, 0) is 9.53 Å². The van der Waals surface area contributed by atoms with Crippen molar-refractivity contribution < 1.29 is 9.53 Å². The predicted octanol–water partition coefficient (Wildman–Crippen LogP) is 0.376. The van der Waals surface area contributed by atoms with Gasteiger partial charge in [-0.3, -0.25) is 4.79 Å². The fourth-order valence-electron chi connectivity index (χ4n) is 2.16. The average Bonchev–Trinajstić information content (AvgIpc) is 2.23. The predicted molar refractivity (Wildman–Crippen MR) is 57.6 cm³/mol. The van der Waals surface area contributed by atoms with E-state index < -0.39 is 0 Å². The van der Waals surface area contributed by atoms with E-state index in [-0.39, 0.29) is 5.91 Å². The Balaban J connectivity index is 1.64. The van der Waals surface area contributed by atoms with Gasteiger partial charge in [0.05, 0.1) is 12.2 Å². The summed E-state index contributed by atoms with van der Waals surface area (Å²) in [5.74, 6) is 0.250. The minimum atomic E-state index is 0.250. The number of likely N-dealkylation sites (tertiary alicyclic amines) is 1. The summed E-state index contributed by atoms with van der Waals surface area (Å²) in [7, 11) is 0. The number of carbonyl (C=O) groups is 1. The van der Waals surface area contributed by atoms with Crippen LogP contribution in [0, 0.1) is 0 Å². The maximum Gasteiger partial charge on any atom is 0.222 e. The molecule has 2 rings (SSSR count). The fourth-order valence-corrected chi connectivity index (χ4v) is 2.16. The van der Waals surface area contributed by atoms with Crippen LogP contribution in [0.15, 0.2) is 0 Å². The van der Waals surface area contributed by atoms with Crippen molar-refractivity contribution >= 4 is 5.91 Å². The molecule has 1 N–H and O–H groups in total. The van der Waals surface area contributed by atoms with Crippen molar-refractivity contribution in [2.75, 3.05) is 26.2 Å². The van der Waals surface area contributed by atoms with Crippen molar-refractivity contribution in [1.82, 2.24) is 10.2 Å². The largest absolute Gasteiger partial charge is 0.371 e. The molecular weight excluding hydrogens is 192 g/mol. The molecule has 0 aromatic carbocycles. The van der Waals surface area contributed by atoms with Gasteiger partial charge in [-0.05, 0) is 25.9 Å². The number of nitrogens with zero attached hydrogens (tertiary/aromatic N) is 1. The third-order valence-electron chi connectivity index (χ3n) is 3.17. The molecule has 2 aliphatic rings. The van der Waals surface area contributed by atoms with Crippen LogP contribution in [0.3, 0.4) is 0 Å². The first kappa shape index (κ1) is 10.9. The summed E-state index contributed by atoms with van der Waals surface area (Å²) in [4.78, 5) is 13.2. The average molecular weight is 212 g/mol. The van der Waals surface area contributed by atoms with E-state index in [4.69, 9.17) is 4.74 Å². The number of hydrogen-bond acceptors (Lipinski definition) is 3. The molecule has 0 saturated carbocycles. The molecule has 2 heterocycles. The molecule has 0 atom stereocenters. The van der Waals surface area contributed by atoms with Gasteiger partial charge in [-0.2, -0.15) is 0 Å². The van der Waals surface area contributed by atoms with Crippen molar-refractivity contribution in [3.05, 3.63) is 0 Å². The first-order valence-electron chi connectivity index (χ1n) is 5.93. The molecule has 0 bridgehead atoms. The van der Waals surface area contributed by atoms with E-state index in [0.717, 1.165) is 39.0 Å². The molecule has 0 aromatic heterocycles. The molecule has 0 spiro atoms. The molecule has 0 unspecified atom stereocenters. The second-order valence-corrected chi connectivity index (χ2v) is 4.36. The Hall–Kier alpha value is -0.610. The summed E-state index contributed by atoms with van der Waals surface area (Å²) in [5.41, 5.74) is 0. The highest BCUT2D eigenvalue weighted by Crippen LogP contribution is 2.18. The molecule has 2 aliphatic heterocycles. The number of amides is 1. The van der Waals surface area contributed by atoms with Crippen LogP contribution in [0.2, 0.25) is 0 Å². The molecule has 2 saturated heterocycles. The Kier molecular flexibility index (Phi) is 3.59. The molecule has 0 aromatic rings. The lowest BCUT2D eigenvalue weighted by atomic mass is 10.1. The first-order valence-corrected chi connectivity index (χ1v) is 5.93. The zero-order valence-corrected chi connectivity index (χ0v) is 9.37. The zero-order chi connectivity index (χ0) is 10.7. The second kappa shape index (κ2) is 4.94. The van der Waals surface area contributed by atoms with Crippen molar-refractivity contribution in [2.24, 2.45) is 0 Å². The van der Waals surface area contributed by atoms with Gasteiger partial charge in [-0.15, -0.1) is 0 Å². The van der Waals surface area contributed by atoms with Gasteiger partial charge in [0.15, 0.2) is 0 Å². The van der Waals surface area contributed by atoms with Gasteiger partial charge in [0.1, 0.15) is 0 Å². The molecule has 4 heteroatoms. The van der Waals surface area contributed by atoms with Crippen molar-refractivity contribution in [2.45, 2.75) is 38.4 Å². The molecule has 15 heavy (non-hydrogen) atoms. The molecule has 1 amide bonds. The van der Waals surface area contributed by atoms with Crippen LogP contribution in [0.5, 0.6) is 0 Å². The van der Waals surface area contributed by atoms with Gasteiger partial charge >= 0.3 is 0 Å². The zero-order valence-electron chi connectivity index (χ0n) is 9.37. The van der Waals surface area contributed by atoms with E-state index in [1.807, 2.05) is 11.8 Å². The minimum Gasteiger partial charge on any atom is -0.371 e.